The number of hydrogen-bond acceptors (Lipinski definition) is 2. The van der Waals surface area contributed by atoms with Crippen molar-refractivity contribution in [2.75, 3.05) is 13.7 Å². The molecule has 2 nitrogen and oxygen atoms in total. The quantitative estimate of drug-likeness (QED) is 0.842. The first-order valence-corrected chi connectivity index (χ1v) is 8.22. The Kier molecular flexibility index (Phi) is 4.62. The van der Waals surface area contributed by atoms with Crippen LogP contribution >= 0.6 is 0 Å². The summed E-state index contributed by atoms with van der Waals surface area (Å²) >= 11 is 0. The second kappa shape index (κ2) is 6.62. The topological polar surface area (TPSA) is 21.3 Å². The van der Waals surface area contributed by atoms with Gasteiger partial charge in [-0.1, -0.05) is 37.8 Å². The van der Waals surface area contributed by atoms with E-state index in [9.17, 15) is 0 Å². The van der Waals surface area contributed by atoms with Crippen LogP contribution in [-0.2, 0) is 0 Å². The molecule has 0 aliphatic heterocycles. The summed E-state index contributed by atoms with van der Waals surface area (Å²) in [7, 11) is 1.72. The lowest BCUT2D eigenvalue weighted by Gasteiger charge is -2.36. The van der Waals surface area contributed by atoms with Gasteiger partial charge < -0.3 is 10.1 Å². The Morgan fingerprint density at radius 1 is 1.10 bits per heavy atom. The number of nitrogens with one attached hydrogen (secondary N) is 1. The Morgan fingerprint density at radius 3 is 2.45 bits per heavy atom. The van der Waals surface area contributed by atoms with Gasteiger partial charge in [-0.3, -0.25) is 0 Å². The van der Waals surface area contributed by atoms with Gasteiger partial charge >= 0.3 is 0 Å². The molecule has 2 fully saturated rings. The van der Waals surface area contributed by atoms with Crippen LogP contribution in [0.1, 0.15) is 56.4 Å². The van der Waals surface area contributed by atoms with Gasteiger partial charge in [0.15, 0.2) is 0 Å². The molecule has 0 radical (unpaired) electrons. The summed E-state index contributed by atoms with van der Waals surface area (Å²) in [6.45, 7) is 1.23. The van der Waals surface area contributed by atoms with Crippen LogP contribution in [0.15, 0.2) is 24.3 Å². The molecule has 0 aromatic heterocycles. The molecule has 2 heteroatoms. The Morgan fingerprint density at radius 2 is 1.80 bits per heavy atom. The summed E-state index contributed by atoms with van der Waals surface area (Å²) in [5, 5.41) is 3.74. The highest BCUT2D eigenvalue weighted by molar-refractivity contribution is 5.30. The van der Waals surface area contributed by atoms with Crippen molar-refractivity contribution in [3.05, 3.63) is 29.8 Å². The summed E-state index contributed by atoms with van der Waals surface area (Å²) in [6, 6.07) is 9.35. The predicted octanol–water partition coefficient (Wildman–Crippen LogP) is 4.11. The van der Waals surface area contributed by atoms with Crippen LogP contribution in [0.3, 0.4) is 0 Å². The van der Waals surface area contributed by atoms with Crippen LogP contribution in [0.4, 0.5) is 0 Å². The molecule has 0 unspecified atom stereocenters. The lowest BCUT2D eigenvalue weighted by atomic mass is 9.76. The fourth-order valence-electron chi connectivity index (χ4n) is 3.72. The minimum absolute atomic E-state index is 0.753. The van der Waals surface area contributed by atoms with Gasteiger partial charge in [0.05, 0.1) is 7.11 Å². The SMILES string of the molecule is COc1ccc(C2CC(NCCC3CCCC3)C2)cc1. The summed E-state index contributed by atoms with van der Waals surface area (Å²) in [5.41, 5.74) is 1.47. The highest BCUT2D eigenvalue weighted by atomic mass is 16.5. The van der Waals surface area contributed by atoms with Crippen LogP contribution in [0.5, 0.6) is 5.75 Å². The number of methoxy groups -OCH3 is 1. The number of benzene rings is 1. The van der Waals surface area contributed by atoms with Crippen LogP contribution in [0.25, 0.3) is 0 Å². The summed E-state index contributed by atoms with van der Waals surface area (Å²) in [4.78, 5) is 0. The van der Waals surface area contributed by atoms with E-state index in [1.54, 1.807) is 7.11 Å². The Bertz CT molecular complexity index is 402. The van der Waals surface area contributed by atoms with E-state index in [2.05, 4.69) is 29.6 Å². The van der Waals surface area contributed by atoms with E-state index in [-0.39, 0.29) is 0 Å². The highest BCUT2D eigenvalue weighted by Crippen LogP contribution is 2.37. The van der Waals surface area contributed by atoms with Gasteiger partial charge in [0, 0.05) is 6.04 Å². The van der Waals surface area contributed by atoms with Crippen LogP contribution < -0.4 is 10.1 Å². The van der Waals surface area contributed by atoms with Crippen molar-refractivity contribution in [1.82, 2.24) is 5.32 Å². The first-order valence-electron chi connectivity index (χ1n) is 8.22. The highest BCUT2D eigenvalue weighted by Gasteiger charge is 2.29. The lowest BCUT2D eigenvalue weighted by molar-refractivity contribution is 0.283. The maximum absolute atomic E-state index is 5.21. The van der Waals surface area contributed by atoms with E-state index in [4.69, 9.17) is 4.74 Å². The molecule has 0 amide bonds. The van der Waals surface area contributed by atoms with E-state index >= 15 is 0 Å². The van der Waals surface area contributed by atoms with Gasteiger partial charge in [-0.05, 0) is 55.3 Å². The number of hydrogen-bond donors (Lipinski definition) is 1. The monoisotopic (exact) mass is 273 g/mol. The van der Waals surface area contributed by atoms with Gasteiger partial charge in [0.1, 0.15) is 5.75 Å². The van der Waals surface area contributed by atoms with E-state index in [0.29, 0.717) is 0 Å². The third-order valence-electron chi connectivity index (χ3n) is 5.19. The molecule has 110 valence electrons. The van der Waals surface area contributed by atoms with E-state index in [1.807, 2.05) is 0 Å². The first kappa shape index (κ1) is 13.9. The van der Waals surface area contributed by atoms with Crippen molar-refractivity contribution in [2.45, 2.75) is 56.9 Å². The standard InChI is InChI=1S/C18H27NO/c1-20-18-8-6-15(7-9-18)16-12-17(13-16)19-11-10-14-4-2-3-5-14/h6-9,14,16-17,19H,2-5,10-13H2,1H3. The fourth-order valence-corrected chi connectivity index (χ4v) is 3.72. The van der Waals surface area contributed by atoms with Crippen molar-refractivity contribution in [3.63, 3.8) is 0 Å². The van der Waals surface area contributed by atoms with Gasteiger partial charge in [0.2, 0.25) is 0 Å². The van der Waals surface area contributed by atoms with Crippen LogP contribution in [0.2, 0.25) is 0 Å². The van der Waals surface area contributed by atoms with Crippen LogP contribution in [0, 0.1) is 5.92 Å². The third-order valence-corrected chi connectivity index (χ3v) is 5.19. The maximum atomic E-state index is 5.21. The Labute approximate surface area is 122 Å². The molecule has 0 heterocycles. The third kappa shape index (κ3) is 3.35. The Balaban J connectivity index is 1.35. The van der Waals surface area contributed by atoms with Gasteiger partial charge in [0.25, 0.3) is 0 Å². The van der Waals surface area contributed by atoms with E-state index in [0.717, 1.165) is 23.6 Å². The largest absolute Gasteiger partial charge is 0.497 e. The molecule has 3 rings (SSSR count). The lowest BCUT2D eigenvalue weighted by Crippen LogP contribution is -2.40. The molecule has 0 bridgehead atoms. The summed E-state index contributed by atoms with van der Waals surface area (Å²) < 4.78 is 5.21. The molecular weight excluding hydrogens is 246 g/mol. The molecule has 2 aliphatic rings. The average Bonchev–Trinajstić information content (AvgIpc) is 2.95. The molecule has 0 saturated heterocycles. The summed E-state index contributed by atoms with van der Waals surface area (Å²) in [6.07, 6.45) is 9.88. The van der Waals surface area contributed by atoms with Gasteiger partial charge in [-0.25, -0.2) is 0 Å². The molecule has 0 spiro atoms. The zero-order valence-corrected chi connectivity index (χ0v) is 12.6. The summed E-state index contributed by atoms with van der Waals surface area (Å²) in [5.74, 6) is 2.73. The molecule has 2 aliphatic carbocycles. The molecular formula is C18H27NO. The zero-order valence-electron chi connectivity index (χ0n) is 12.6. The van der Waals surface area contributed by atoms with Crippen molar-refractivity contribution < 1.29 is 4.74 Å². The van der Waals surface area contributed by atoms with E-state index in [1.165, 1.54) is 57.1 Å². The molecule has 1 aromatic rings. The second-order valence-corrected chi connectivity index (χ2v) is 6.53. The van der Waals surface area contributed by atoms with E-state index < -0.39 is 0 Å². The minimum Gasteiger partial charge on any atom is -0.497 e. The number of ether oxygens (including phenoxy) is 1. The fraction of sp³-hybridized carbons (Fsp3) is 0.667. The minimum atomic E-state index is 0.753. The molecule has 1 N–H and O–H groups in total. The van der Waals surface area contributed by atoms with Crippen molar-refractivity contribution in [1.29, 1.82) is 0 Å². The van der Waals surface area contributed by atoms with Gasteiger partial charge in [-0.15, -0.1) is 0 Å². The van der Waals surface area contributed by atoms with Gasteiger partial charge in [-0.2, -0.15) is 0 Å². The average molecular weight is 273 g/mol. The molecule has 0 atom stereocenters. The van der Waals surface area contributed by atoms with Crippen molar-refractivity contribution in [3.8, 4) is 5.75 Å². The first-order chi connectivity index (χ1) is 9.85. The Hall–Kier alpha value is -1.02. The van der Waals surface area contributed by atoms with Crippen LogP contribution in [-0.4, -0.2) is 19.7 Å². The number of rotatable bonds is 6. The molecule has 2 saturated carbocycles. The molecule has 20 heavy (non-hydrogen) atoms. The normalized spacial score (nSPS) is 26.4. The van der Waals surface area contributed by atoms with Crippen molar-refractivity contribution in [2.24, 2.45) is 5.92 Å². The zero-order chi connectivity index (χ0) is 13.8. The predicted molar refractivity (Wildman–Crippen MR) is 83.3 cm³/mol. The molecule has 1 aromatic carbocycles. The smallest absolute Gasteiger partial charge is 0.118 e. The maximum Gasteiger partial charge on any atom is 0.118 e. The second-order valence-electron chi connectivity index (χ2n) is 6.53. The van der Waals surface area contributed by atoms with Crippen molar-refractivity contribution >= 4 is 0 Å².